The summed E-state index contributed by atoms with van der Waals surface area (Å²) in [5.41, 5.74) is 0.695. The zero-order valence-corrected chi connectivity index (χ0v) is 11.4. The van der Waals surface area contributed by atoms with Crippen LogP contribution >= 0.6 is 0 Å². The van der Waals surface area contributed by atoms with Crippen molar-refractivity contribution < 1.29 is 15.0 Å². The molecule has 1 atom stereocenters. The molecule has 0 radical (unpaired) electrons. The molecule has 1 aromatic rings. The van der Waals surface area contributed by atoms with E-state index in [0.717, 1.165) is 6.42 Å². The average molecular weight is 266 g/mol. The fourth-order valence-corrected chi connectivity index (χ4v) is 1.58. The Balaban J connectivity index is 2.25. The van der Waals surface area contributed by atoms with E-state index in [1.165, 1.54) is 12.1 Å². The number of phenolic OH excluding ortho intramolecular Hbond substituents is 2. The van der Waals surface area contributed by atoms with Gasteiger partial charge in [0, 0.05) is 37.2 Å². The summed E-state index contributed by atoms with van der Waals surface area (Å²) in [6.45, 7) is 5.00. The number of nitrogens with one attached hydrogen (secondary N) is 2. The highest BCUT2D eigenvalue weighted by Crippen LogP contribution is 2.22. The van der Waals surface area contributed by atoms with E-state index in [0.29, 0.717) is 25.1 Å². The molecule has 0 heterocycles. The van der Waals surface area contributed by atoms with Gasteiger partial charge in [-0.25, -0.2) is 0 Å². The van der Waals surface area contributed by atoms with Gasteiger partial charge in [-0.2, -0.15) is 0 Å². The summed E-state index contributed by atoms with van der Waals surface area (Å²) in [5, 5.41) is 24.7. The largest absolute Gasteiger partial charge is 0.508 e. The van der Waals surface area contributed by atoms with E-state index >= 15 is 0 Å². The van der Waals surface area contributed by atoms with Gasteiger partial charge in [-0.15, -0.1) is 0 Å². The van der Waals surface area contributed by atoms with Gasteiger partial charge in [0.1, 0.15) is 11.5 Å². The summed E-state index contributed by atoms with van der Waals surface area (Å²) in [6, 6.07) is 4.67. The van der Waals surface area contributed by atoms with Crippen LogP contribution in [0.25, 0.3) is 0 Å². The first kappa shape index (κ1) is 15.3. The van der Waals surface area contributed by atoms with Crippen molar-refractivity contribution in [3.05, 3.63) is 23.8 Å². The number of rotatable bonds is 7. The summed E-state index contributed by atoms with van der Waals surface area (Å²) < 4.78 is 0. The third-order valence-corrected chi connectivity index (χ3v) is 2.93. The lowest BCUT2D eigenvalue weighted by molar-refractivity contribution is -0.121. The summed E-state index contributed by atoms with van der Waals surface area (Å²) in [7, 11) is 0. The molecule has 0 saturated heterocycles. The Morgan fingerprint density at radius 1 is 1.37 bits per heavy atom. The number of carbonyl (C=O) groups is 1. The molecule has 1 aromatic carbocycles. The maximum Gasteiger partial charge on any atom is 0.221 e. The second-order valence-electron chi connectivity index (χ2n) is 4.62. The van der Waals surface area contributed by atoms with Crippen LogP contribution in [0.3, 0.4) is 0 Å². The van der Waals surface area contributed by atoms with Crippen LogP contribution in [0.4, 0.5) is 0 Å². The van der Waals surface area contributed by atoms with Crippen molar-refractivity contribution in [2.24, 2.45) is 0 Å². The lowest BCUT2D eigenvalue weighted by atomic mass is 10.2. The molecule has 106 valence electrons. The van der Waals surface area contributed by atoms with Crippen molar-refractivity contribution in [1.29, 1.82) is 0 Å². The number of benzene rings is 1. The van der Waals surface area contributed by atoms with Crippen LogP contribution < -0.4 is 10.6 Å². The first-order valence-corrected chi connectivity index (χ1v) is 6.53. The van der Waals surface area contributed by atoms with Crippen molar-refractivity contribution >= 4 is 5.91 Å². The summed E-state index contributed by atoms with van der Waals surface area (Å²) >= 11 is 0. The predicted octanol–water partition coefficient (Wildman–Crippen LogP) is 1.49. The Kier molecular flexibility index (Phi) is 6.15. The number of amides is 1. The van der Waals surface area contributed by atoms with Crippen molar-refractivity contribution in [2.75, 3.05) is 6.54 Å². The minimum absolute atomic E-state index is 0.0248. The van der Waals surface area contributed by atoms with Crippen LogP contribution in [-0.2, 0) is 11.3 Å². The minimum atomic E-state index is 0.0248. The van der Waals surface area contributed by atoms with Crippen LogP contribution in [-0.4, -0.2) is 28.7 Å². The van der Waals surface area contributed by atoms with Crippen molar-refractivity contribution in [1.82, 2.24) is 10.6 Å². The number of aromatic hydroxyl groups is 2. The molecule has 19 heavy (non-hydrogen) atoms. The fraction of sp³-hybridized carbons (Fsp3) is 0.500. The van der Waals surface area contributed by atoms with E-state index < -0.39 is 0 Å². The normalized spacial score (nSPS) is 12.1. The molecule has 5 heteroatoms. The van der Waals surface area contributed by atoms with Crippen LogP contribution in [0.1, 0.15) is 32.3 Å². The Morgan fingerprint density at radius 3 is 2.74 bits per heavy atom. The van der Waals surface area contributed by atoms with E-state index in [-0.39, 0.29) is 23.4 Å². The van der Waals surface area contributed by atoms with E-state index in [1.54, 1.807) is 6.07 Å². The number of phenols is 2. The molecule has 0 fully saturated rings. The SMILES string of the molecule is CCC(C)NC(=O)CCNCc1ccc(O)cc1O. The molecule has 4 N–H and O–H groups in total. The van der Waals surface area contributed by atoms with Gasteiger partial charge in [-0.05, 0) is 19.4 Å². The number of carbonyl (C=O) groups excluding carboxylic acids is 1. The molecule has 1 rings (SSSR count). The van der Waals surface area contributed by atoms with Gasteiger partial charge in [0.25, 0.3) is 0 Å². The summed E-state index contributed by atoms with van der Waals surface area (Å²) in [6.07, 6.45) is 1.32. The maximum absolute atomic E-state index is 11.5. The van der Waals surface area contributed by atoms with E-state index in [4.69, 9.17) is 5.11 Å². The topological polar surface area (TPSA) is 81.6 Å². The second-order valence-corrected chi connectivity index (χ2v) is 4.62. The monoisotopic (exact) mass is 266 g/mol. The van der Waals surface area contributed by atoms with Crippen LogP contribution in [0, 0.1) is 0 Å². The van der Waals surface area contributed by atoms with Crippen LogP contribution in [0.5, 0.6) is 11.5 Å². The van der Waals surface area contributed by atoms with Crippen molar-refractivity contribution in [2.45, 2.75) is 39.3 Å². The average Bonchev–Trinajstić information content (AvgIpc) is 2.36. The van der Waals surface area contributed by atoms with Gasteiger partial charge in [0.15, 0.2) is 0 Å². The quantitative estimate of drug-likeness (QED) is 0.564. The van der Waals surface area contributed by atoms with Gasteiger partial charge in [-0.1, -0.05) is 13.0 Å². The molecule has 0 bridgehead atoms. The Labute approximate surface area is 113 Å². The zero-order chi connectivity index (χ0) is 14.3. The first-order valence-electron chi connectivity index (χ1n) is 6.53. The van der Waals surface area contributed by atoms with Gasteiger partial charge < -0.3 is 20.8 Å². The Bertz CT molecular complexity index is 421. The lowest BCUT2D eigenvalue weighted by Gasteiger charge is -2.11. The molecular weight excluding hydrogens is 244 g/mol. The molecule has 0 aromatic heterocycles. The molecule has 5 nitrogen and oxygen atoms in total. The maximum atomic E-state index is 11.5. The molecule has 1 amide bonds. The number of hydrogen-bond donors (Lipinski definition) is 4. The minimum Gasteiger partial charge on any atom is -0.508 e. The van der Waals surface area contributed by atoms with E-state index in [1.807, 2.05) is 13.8 Å². The molecule has 0 aliphatic heterocycles. The third-order valence-electron chi connectivity index (χ3n) is 2.93. The molecular formula is C14H22N2O3. The highest BCUT2D eigenvalue weighted by molar-refractivity contribution is 5.76. The molecule has 0 saturated carbocycles. The van der Waals surface area contributed by atoms with Crippen molar-refractivity contribution in [3.8, 4) is 11.5 Å². The summed E-state index contributed by atoms with van der Waals surface area (Å²) in [5.74, 6) is 0.113. The Morgan fingerprint density at radius 2 is 2.11 bits per heavy atom. The van der Waals surface area contributed by atoms with E-state index in [2.05, 4.69) is 10.6 Å². The van der Waals surface area contributed by atoms with Crippen LogP contribution in [0.2, 0.25) is 0 Å². The predicted molar refractivity (Wildman–Crippen MR) is 74.0 cm³/mol. The third kappa shape index (κ3) is 5.61. The lowest BCUT2D eigenvalue weighted by Crippen LogP contribution is -2.33. The molecule has 1 unspecified atom stereocenters. The standard InChI is InChI=1S/C14H22N2O3/c1-3-10(2)16-14(19)6-7-15-9-11-4-5-12(17)8-13(11)18/h4-5,8,10,15,17-18H,3,6-7,9H2,1-2H3,(H,16,19). The van der Waals surface area contributed by atoms with Crippen LogP contribution in [0.15, 0.2) is 18.2 Å². The highest BCUT2D eigenvalue weighted by atomic mass is 16.3. The molecule has 0 aliphatic carbocycles. The first-order chi connectivity index (χ1) is 9.02. The van der Waals surface area contributed by atoms with Gasteiger partial charge in [0.05, 0.1) is 0 Å². The van der Waals surface area contributed by atoms with Gasteiger partial charge >= 0.3 is 0 Å². The molecule has 0 aliphatic rings. The molecule has 0 spiro atoms. The highest BCUT2D eigenvalue weighted by Gasteiger charge is 2.05. The Hall–Kier alpha value is -1.75. The second kappa shape index (κ2) is 7.63. The smallest absolute Gasteiger partial charge is 0.221 e. The number of hydrogen-bond acceptors (Lipinski definition) is 4. The van der Waals surface area contributed by atoms with Crippen molar-refractivity contribution in [3.63, 3.8) is 0 Å². The fourth-order valence-electron chi connectivity index (χ4n) is 1.58. The van der Waals surface area contributed by atoms with E-state index in [9.17, 15) is 9.90 Å². The zero-order valence-electron chi connectivity index (χ0n) is 11.4. The summed E-state index contributed by atoms with van der Waals surface area (Å²) in [4.78, 5) is 11.5. The van der Waals surface area contributed by atoms with Gasteiger partial charge in [-0.3, -0.25) is 4.79 Å². The van der Waals surface area contributed by atoms with Gasteiger partial charge in [0.2, 0.25) is 5.91 Å².